The second-order valence-electron chi connectivity index (χ2n) is 4.30. The molecule has 2 rings (SSSR count). The second kappa shape index (κ2) is 5.61. The van der Waals surface area contributed by atoms with Gasteiger partial charge in [-0.25, -0.2) is 0 Å². The van der Waals surface area contributed by atoms with Crippen LogP contribution in [-0.2, 0) is 11.3 Å². The molecule has 1 aromatic carbocycles. The van der Waals surface area contributed by atoms with Crippen LogP contribution >= 0.6 is 15.9 Å². The molecular weight excluding hydrogens is 298 g/mol. The third kappa shape index (κ3) is 2.96. The van der Waals surface area contributed by atoms with Crippen molar-refractivity contribution in [3.63, 3.8) is 0 Å². The van der Waals surface area contributed by atoms with Gasteiger partial charge in [0.15, 0.2) is 0 Å². The van der Waals surface area contributed by atoms with E-state index in [9.17, 15) is 4.79 Å². The number of carbonyl (C=O) groups excluding carboxylic acids is 1. The van der Waals surface area contributed by atoms with E-state index < -0.39 is 0 Å². The molecule has 18 heavy (non-hydrogen) atoms. The van der Waals surface area contributed by atoms with E-state index in [1.165, 1.54) is 0 Å². The van der Waals surface area contributed by atoms with E-state index in [0.717, 1.165) is 23.6 Å². The van der Waals surface area contributed by atoms with Crippen molar-refractivity contribution in [2.24, 2.45) is 0 Å². The molecule has 1 aliphatic heterocycles. The Kier molecular flexibility index (Phi) is 4.11. The van der Waals surface area contributed by atoms with E-state index in [2.05, 4.69) is 15.9 Å². The molecule has 0 spiro atoms. The van der Waals surface area contributed by atoms with Gasteiger partial charge in [0.25, 0.3) is 0 Å². The van der Waals surface area contributed by atoms with Crippen molar-refractivity contribution in [2.45, 2.75) is 17.8 Å². The molecule has 1 saturated heterocycles. The minimum atomic E-state index is 0.179. The molecule has 0 N–H and O–H groups in total. The Morgan fingerprint density at radius 2 is 1.89 bits per heavy atom. The summed E-state index contributed by atoms with van der Waals surface area (Å²) in [7, 11) is 3.24. The molecule has 0 aliphatic carbocycles. The first-order valence-corrected chi connectivity index (χ1v) is 6.67. The zero-order valence-electron chi connectivity index (χ0n) is 10.5. The van der Waals surface area contributed by atoms with Crippen LogP contribution in [-0.4, -0.2) is 36.4 Å². The Morgan fingerprint density at radius 1 is 1.28 bits per heavy atom. The van der Waals surface area contributed by atoms with E-state index in [1.807, 2.05) is 23.1 Å². The molecule has 1 aliphatic rings. The minimum Gasteiger partial charge on any atom is -0.497 e. The van der Waals surface area contributed by atoms with Gasteiger partial charge >= 0.3 is 0 Å². The number of likely N-dealkylation sites (tertiary alicyclic amines) is 1. The first-order chi connectivity index (χ1) is 8.62. The molecule has 1 amide bonds. The van der Waals surface area contributed by atoms with E-state index in [-0.39, 0.29) is 10.7 Å². The van der Waals surface area contributed by atoms with Gasteiger partial charge in [-0.3, -0.25) is 4.79 Å². The summed E-state index contributed by atoms with van der Waals surface area (Å²) in [6.45, 7) is 1.34. The largest absolute Gasteiger partial charge is 0.497 e. The van der Waals surface area contributed by atoms with Crippen LogP contribution in [0, 0.1) is 0 Å². The van der Waals surface area contributed by atoms with E-state index >= 15 is 0 Å². The molecular formula is C13H16BrNO3. The molecule has 1 fully saturated rings. The molecule has 0 aromatic heterocycles. The summed E-state index contributed by atoms with van der Waals surface area (Å²) in [5.41, 5.74) is 1.01. The van der Waals surface area contributed by atoms with Crippen molar-refractivity contribution in [3.8, 4) is 11.5 Å². The van der Waals surface area contributed by atoms with Crippen molar-refractivity contribution in [2.75, 3.05) is 20.8 Å². The minimum absolute atomic E-state index is 0.179. The first-order valence-electron chi connectivity index (χ1n) is 5.76. The van der Waals surface area contributed by atoms with Gasteiger partial charge in [-0.1, -0.05) is 15.9 Å². The maximum absolute atomic E-state index is 11.7. The summed E-state index contributed by atoms with van der Waals surface area (Å²) in [5, 5.41) is 0. The molecule has 98 valence electrons. The molecule has 1 heterocycles. The number of amides is 1. The zero-order valence-corrected chi connectivity index (χ0v) is 12.1. The lowest BCUT2D eigenvalue weighted by atomic mass is 10.2. The Labute approximate surface area is 115 Å². The fourth-order valence-electron chi connectivity index (χ4n) is 2.05. The quantitative estimate of drug-likeness (QED) is 0.800. The Hall–Kier alpha value is -1.23. The lowest BCUT2D eigenvalue weighted by Gasteiger charge is -2.17. The summed E-state index contributed by atoms with van der Waals surface area (Å²) in [6.07, 6.45) is 0.571. The van der Waals surface area contributed by atoms with Crippen molar-refractivity contribution in [1.82, 2.24) is 4.90 Å². The fraction of sp³-hybridized carbons (Fsp3) is 0.462. The Bertz CT molecular complexity index is 428. The molecule has 1 unspecified atom stereocenters. The van der Waals surface area contributed by atoms with Crippen molar-refractivity contribution in [3.05, 3.63) is 23.8 Å². The summed E-state index contributed by atoms with van der Waals surface area (Å²) >= 11 is 3.48. The van der Waals surface area contributed by atoms with Crippen LogP contribution in [0.5, 0.6) is 11.5 Å². The molecule has 4 nitrogen and oxygen atoms in total. The number of hydrogen-bond donors (Lipinski definition) is 0. The average molecular weight is 314 g/mol. The maximum Gasteiger partial charge on any atom is 0.224 e. The number of halogens is 1. The first kappa shape index (κ1) is 13.2. The summed E-state index contributed by atoms with van der Waals surface area (Å²) in [4.78, 5) is 13.8. The number of methoxy groups -OCH3 is 2. The topological polar surface area (TPSA) is 38.8 Å². The molecule has 0 saturated carbocycles. The van der Waals surface area contributed by atoms with Crippen LogP contribution < -0.4 is 9.47 Å². The third-order valence-corrected chi connectivity index (χ3v) is 3.57. The van der Waals surface area contributed by atoms with Crippen LogP contribution in [0.1, 0.15) is 12.0 Å². The summed E-state index contributed by atoms with van der Waals surface area (Å²) in [5.74, 6) is 1.66. The number of alkyl halides is 1. The Morgan fingerprint density at radius 3 is 2.33 bits per heavy atom. The number of benzene rings is 1. The number of carbonyl (C=O) groups is 1. The van der Waals surface area contributed by atoms with Crippen molar-refractivity contribution < 1.29 is 14.3 Å². The van der Waals surface area contributed by atoms with Crippen molar-refractivity contribution >= 4 is 21.8 Å². The van der Waals surface area contributed by atoms with Crippen molar-refractivity contribution in [1.29, 1.82) is 0 Å². The fourth-order valence-corrected chi connectivity index (χ4v) is 2.68. The molecule has 1 atom stereocenters. The second-order valence-corrected chi connectivity index (χ2v) is 5.59. The SMILES string of the molecule is COc1cc(CN2CC(Br)CC2=O)cc(OC)c1. The highest BCUT2D eigenvalue weighted by atomic mass is 79.9. The Balaban J connectivity index is 2.15. The number of nitrogens with zero attached hydrogens (tertiary/aromatic N) is 1. The molecule has 5 heteroatoms. The van der Waals surface area contributed by atoms with Gasteiger partial charge in [0.2, 0.25) is 5.91 Å². The molecule has 0 radical (unpaired) electrons. The van der Waals surface area contributed by atoms with E-state index in [4.69, 9.17) is 9.47 Å². The summed E-state index contributed by atoms with van der Waals surface area (Å²) < 4.78 is 10.4. The number of rotatable bonds is 4. The standard InChI is InChI=1S/C13H16BrNO3/c1-17-11-3-9(4-12(6-11)18-2)7-15-8-10(14)5-13(15)16/h3-4,6,10H,5,7-8H2,1-2H3. The predicted molar refractivity (Wildman–Crippen MR) is 72.3 cm³/mol. The highest BCUT2D eigenvalue weighted by Crippen LogP contribution is 2.26. The van der Waals surface area contributed by atoms with E-state index in [0.29, 0.717) is 13.0 Å². The van der Waals surface area contributed by atoms with Crippen LogP contribution in [0.25, 0.3) is 0 Å². The smallest absolute Gasteiger partial charge is 0.224 e. The van der Waals surface area contributed by atoms with Crippen LogP contribution in [0.15, 0.2) is 18.2 Å². The maximum atomic E-state index is 11.7. The van der Waals surface area contributed by atoms with Gasteiger partial charge in [0, 0.05) is 30.4 Å². The monoisotopic (exact) mass is 313 g/mol. The van der Waals surface area contributed by atoms with Crippen LogP contribution in [0.3, 0.4) is 0 Å². The van der Waals surface area contributed by atoms with E-state index in [1.54, 1.807) is 14.2 Å². The van der Waals surface area contributed by atoms with Gasteiger partial charge in [0.1, 0.15) is 11.5 Å². The number of ether oxygens (including phenoxy) is 2. The average Bonchev–Trinajstić information content (AvgIpc) is 2.67. The highest BCUT2D eigenvalue weighted by Gasteiger charge is 2.27. The van der Waals surface area contributed by atoms with Gasteiger partial charge < -0.3 is 14.4 Å². The summed E-state index contributed by atoms with van der Waals surface area (Å²) in [6, 6.07) is 5.68. The van der Waals surface area contributed by atoms with Gasteiger partial charge in [-0.15, -0.1) is 0 Å². The van der Waals surface area contributed by atoms with Gasteiger partial charge in [0.05, 0.1) is 14.2 Å². The van der Waals surface area contributed by atoms with Gasteiger partial charge in [-0.2, -0.15) is 0 Å². The normalized spacial score (nSPS) is 19.2. The lowest BCUT2D eigenvalue weighted by Crippen LogP contribution is -2.24. The third-order valence-electron chi connectivity index (χ3n) is 2.95. The highest BCUT2D eigenvalue weighted by molar-refractivity contribution is 9.09. The molecule has 0 bridgehead atoms. The molecule has 1 aromatic rings. The predicted octanol–water partition coefficient (Wildman–Crippen LogP) is 2.20. The van der Waals surface area contributed by atoms with Crippen LogP contribution in [0.2, 0.25) is 0 Å². The van der Waals surface area contributed by atoms with Crippen LogP contribution in [0.4, 0.5) is 0 Å². The zero-order chi connectivity index (χ0) is 13.1. The lowest BCUT2D eigenvalue weighted by molar-refractivity contribution is -0.128. The number of hydrogen-bond acceptors (Lipinski definition) is 3. The van der Waals surface area contributed by atoms with Gasteiger partial charge in [-0.05, 0) is 17.7 Å².